The summed E-state index contributed by atoms with van der Waals surface area (Å²) in [6.45, 7) is 6.42. The van der Waals surface area contributed by atoms with Gasteiger partial charge in [-0.1, -0.05) is 63.2 Å². The molecule has 0 saturated carbocycles. The number of hydrogen-bond acceptors (Lipinski definition) is 4. The first-order chi connectivity index (χ1) is 15.7. The van der Waals surface area contributed by atoms with Crippen LogP contribution in [0.2, 0.25) is 0 Å². The Morgan fingerprint density at radius 3 is 2.15 bits per heavy atom. The Hall–Kier alpha value is -3.60. The van der Waals surface area contributed by atoms with Gasteiger partial charge in [-0.05, 0) is 47.2 Å². The van der Waals surface area contributed by atoms with Crippen LogP contribution in [-0.2, 0) is 16.6 Å². The Kier molecular flexibility index (Phi) is 7.54. The number of carbonyl (C=O) groups is 2. The van der Waals surface area contributed by atoms with Crippen LogP contribution in [0.4, 0.5) is 5.69 Å². The first kappa shape index (κ1) is 24.1. The van der Waals surface area contributed by atoms with Gasteiger partial charge < -0.3 is 14.8 Å². The van der Waals surface area contributed by atoms with Crippen molar-refractivity contribution in [3.05, 3.63) is 89.0 Å². The number of nitrogens with one attached hydrogen (secondary N) is 1. The van der Waals surface area contributed by atoms with Crippen molar-refractivity contribution in [3.63, 3.8) is 0 Å². The van der Waals surface area contributed by atoms with Crippen molar-refractivity contribution in [1.29, 1.82) is 0 Å². The van der Waals surface area contributed by atoms with Crippen LogP contribution in [0.1, 0.15) is 54.2 Å². The van der Waals surface area contributed by atoms with E-state index in [9.17, 15) is 9.59 Å². The molecule has 0 saturated heterocycles. The van der Waals surface area contributed by atoms with Crippen molar-refractivity contribution in [2.24, 2.45) is 0 Å². The summed E-state index contributed by atoms with van der Waals surface area (Å²) in [7, 11) is 3.17. The van der Waals surface area contributed by atoms with Crippen LogP contribution in [0, 0.1) is 0 Å². The van der Waals surface area contributed by atoms with E-state index in [2.05, 4.69) is 26.1 Å². The highest BCUT2D eigenvalue weighted by Crippen LogP contribution is 2.28. The number of benzene rings is 3. The topological polar surface area (TPSA) is 64.6 Å². The van der Waals surface area contributed by atoms with Crippen molar-refractivity contribution < 1.29 is 19.1 Å². The highest BCUT2D eigenvalue weighted by atomic mass is 16.5. The zero-order valence-corrected chi connectivity index (χ0v) is 19.9. The third kappa shape index (κ3) is 6.22. The number of ether oxygens (including phenoxy) is 2. The molecule has 1 amide bonds. The standard InChI is InChI=1S/C28H31NO4/c1-28(2,3)22-13-11-20(12-14-22)27(31)21-7-6-8-23(18-21)29-26(30)16-10-19-9-15-24(32-4)25(17-19)33-5/h6-9,11-15,17-18H,10,16H2,1-5H3,(H,29,30). The molecule has 3 rings (SSSR count). The molecule has 0 atom stereocenters. The van der Waals surface area contributed by atoms with Crippen molar-refractivity contribution in [1.82, 2.24) is 0 Å². The second kappa shape index (κ2) is 10.3. The number of rotatable bonds is 8. The van der Waals surface area contributed by atoms with Crippen LogP contribution in [0.5, 0.6) is 11.5 Å². The van der Waals surface area contributed by atoms with E-state index in [-0.39, 0.29) is 17.1 Å². The molecule has 172 valence electrons. The molecule has 0 radical (unpaired) electrons. The van der Waals surface area contributed by atoms with E-state index < -0.39 is 0 Å². The first-order valence-corrected chi connectivity index (χ1v) is 11.0. The largest absolute Gasteiger partial charge is 0.493 e. The fourth-order valence-corrected chi connectivity index (χ4v) is 3.54. The summed E-state index contributed by atoms with van der Waals surface area (Å²) >= 11 is 0. The molecule has 3 aromatic carbocycles. The average Bonchev–Trinajstić information content (AvgIpc) is 2.81. The van der Waals surface area contributed by atoms with Gasteiger partial charge in [0.2, 0.25) is 5.91 Å². The van der Waals surface area contributed by atoms with Crippen molar-refractivity contribution in [2.45, 2.75) is 39.0 Å². The Balaban J connectivity index is 1.63. The summed E-state index contributed by atoms with van der Waals surface area (Å²) < 4.78 is 10.6. The minimum atomic E-state index is -0.121. The molecule has 5 nitrogen and oxygen atoms in total. The maximum absolute atomic E-state index is 12.9. The van der Waals surface area contributed by atoms with Gasteiger partial charge in [0.1, 0.15) is 0 Å². The van der Waals surface area contributed by atoms with E-state index >= 15 is 0 Å². The number of methoxy groups -OCH3 is 2. The molecule has 5 heteroatoms. The van der Waals surface area contributed by atoms with Crippen molar-refractivity contribution in [3.8, 4) is 11.5 Å². The third-order valence-corrected chi connectivity index (χ3v) is 5.51. The summed E-state index contributed by atoms with van der Waals surface area (Å²) in [6.07, 6.45) is 0.868. The maximum Gasteiger partial charge on any atom is 0.224 e. The summed E-state index contributed by atoms with van der Waals surface area (Å²) in [4.78, 5) is 25.4. The number of anilines is 1. The van der Waals surface area contributed by atoms with Gasteiger partial charge in [0.25, 0.3) is 0 Å². The molecular weight excluding hydrogens is 414 g/mol. The average molecular weight is 446 g/mol. The molecule has 0 heterocycles. The second-order valence-corrected chi connectivity index (χ2v) is 8.97. The van der Waals surface area contributed by atoms with Crippen LogP contribution in [0.25, 0.3) is 0 Å². The molecule has 3 aromatic rings. The smallest absolute Gasteiger partial charge is 0.224 e. The van der Waals surface area contributed by atoms with E-state index in [1.807, 2.05) is 42.5 Å². The lowest BCUT2D eigenvalue weighted by molar-refractivity contribution is -0.116. The van der Waals surface area contributed by atoms with Crippen molar-refractivity contribution >= 4 is 17.4 Å². The highest BCUT2D eigenvalue weighted by molar-refractivity contribution is 6.09. The second-order valence-electron chi connectivity index (χ2n) is 8.97. The lowest BCUT2D eigenvalue weighted by Gasteiger charge is -2.19. The van der Waals surface area contributed by atoms with Gasteiger partial charge in [0, 0.05) is 23.2 Å². The van der Waals surface area contributed by atoms with E-state index in [0.29, 0.717) is 41.2 Å². The fraction of sp³-hybridized carbons (Fsp3) is 0.286. The zero-order valence-electron chi connectivity index (χ0n) is 19.9. The van der Waals surface area contributed by atoms with Gasteiger partial charge in [0.05, 0.1) is 14.2 Å². The van der Waals surface area contributed by atoms with Gasteiger partial charge in [-0.2, -0.15) is 0 Å². The van der Waals surface area contributed by atoms with Crippen LogP contribution >= 0.6 is 0 Å². The Bertz CT molecular complexity index is 1130. The monoisotopic (exact) mass is 445 g/mol. The molecule has 0 bridgehead atoms. The molecular formula is C28H31NO4. The predicted octanol–water partition coefficient (Wildman–Crippen LogP) is 5.80. The van der Waals surface area contributed by atoms with Gasteiger partial charge in [-0.3, -0.25) is 9.59 Å². The molecule has 0 aliphatic carbocycles. The third-order valence-electron chi connectivity index (χ3n) is 5.51. The molecule has 0 unspecified atom stereocenters. The molecule has 0 spiro atoms. The van der Waals surface area contributed by atoms with E-state index in [0.717, 1.165) is 5.56 Å². The van der Waals surface area contributed by atoms with E-state index in [4.69, 9.17) is 9.47 Å². The lowest BCUT2D eigenvalue weighted by Crippen LogP contribution is -2.13. The number of carbonyl (C=O) groups excluding carboxylic acids is 2. The predicted molar refractivity (Wildman–Crippen MR) is 132 cm³/mol. The number of ketones is 1. The minimum Gasteiger partial charge on any atom is -0.493 e. The molecule has 1 N–H and O–H groups in total. The van der Waals surface area contributed by atoms with Crippen LogP contribution in [-0.4, -0.2) is 25.9 Å². The summed E-state index contributed by atoms with van der Waals surface area (Å²) in [5, 5.41) is 2.89. The number of amides is 1. The fourth-order valence-electron chi connectivity index (χ4n) is 3.54. The molecule has 0 aromatic heterocycles. The van der Waals surface area contributed by atoms with Gasteiger partial charge in [-0.25, -0.2) is 0 Å². The van der Waals surface area contributed by atoms with Crippen LogP contribution < -0.4 is 14.8 Å². The normalized spacial score (nSPS) is 11.1. The number of hydrogen-bond donors (Lipinski definition) is 1. The Morgan fingerprint density at radius 2 is 1.52 bits per heavy atom. The molecule has 0 aliphatic heterocycles. The SMILES string of the molecule is COc1ccc(CCC(=O)Nc2cccc(C(=O)c3ccc(C(C)(C)C)cc3)c2)cc1OC. The van der Waals surface area contributed by atoms with E-state index in [1.54, 1.807) is 38.5 Å². The Morgan fingerprint density at radius 1 is 0.818 bits per heavy atom. The molecule has 33 heavy (non-hydrogen) atoms. The number of aryl methyl sites for hydroxylation is 1. The summed E-state index contributed by atoms with van der Waals surface area (Å²) in [6, 6.07) is 20.4. The quantitative estimate of drug-likeness (QED) is 0.445. The summed E-state index contributed by atoms with van der Waals surface area (Å²) in [5.74, 6) is 1.10. The van der Waals surface area contributed by atoms with Gasteiger partial charge in [-0.15, -0.1) is 0 Å². The van der Waals surface area contributed by atoms with Crippen LogP contribution in [0.3, 0.4) is 0 Å². The lowest BCUT2D eigenvalue weighted by atomic mass is 9.86. The maximum atomic E-state index is 12.9. The minimum absolute atomic E-state index is 0.0305. The Labute approximate surface area is 195 Å². The first-order valence-electron chi connectivity index (χ1n) is 11.0. The highest BCUT2D eigenvalue weighted by Gasteiger charge is 2.15. The van der Waals surface area contributed by atoms with Gasteiger partial charge in [0.15, 0.2) is 17.3 Å². The molecule has 0 aliphatic rings. The zero-order chi connectivity index (χ0) is 24.0. The molecule has 0 fully saturated rings. The van der Waals surface area contributed by atoms with Crippen LogP contribution in [0.15, 0.2) is 66.7 Å². The van der Waals surface area contributed by atoms with Crippen molar-refractivity contribution in [2.75, 3.05) is 19.5 Å². The van der Waals surface area contributed by atoms with E-state index in [1.165, 1.54) is 5.56 Å². The summed E-state index contributed by atoms with van der Waals surface area (Å²) in [5.41, 5.74) is 3.95. The van der Waals surface area contributed by atoms with Gasteiger partial charge >= 0.3 is 0 Å².